The van der Waals surface area contributed by atoms with Crippen molar-refractivity contribution in [3.63, 3.8) is 0 Å². The number of Topliss-reactive ketones (excluding diaryl/α,β-unsaturated/α-hetero) is 1. The van der Waals surface area contributed by atoms with Crippen LogP contribution in [0.3, 0.4) is 0 Å². The normalized spacial score (nSPS) is 20.6. The molecule has 2 rings (SSSR count). The second kappa shape index (κ2) is 3.93. The number of aliphatic hydroxyl groups is 1. The van der Waals surface area contributed by atoms with Crippen LogP contribution in [-0.2, 0) is 6.42 Å². The van der Waals surface area contributed by atoms with Crippen LogP contribution in [0.15, 0.2) is 24.3 Å². The molecule has 0 aromatic heterocycles. The van der Waals surface area contributed by atoms with Crippen molar-refractivity contribution in [3.05, 3.63) is 35.4 Å². The van der Waals surface area contributed by atoms with E-state index in [2.05, 4.69) is 0 Å². The van der Waals surface area contributed by atoms with Crippen LogP contribution in [-0.4, -0.2) is 17.5 Å². The Labute approximate surface area is 83.6 Å². The smallest absolute Gasteiger partial charge is 0.163 e. The summed E-state index contributed by atoms with van der Waals surface area (Å²) in [6.07, 6.45) is 2.26. The van der Waals surface area contributed by atoms with Crippen molar-refractivity contribution in [2.45, 2.75) is 19.3 Å². The molecule has 2 heteroatoms. The molecule has 0 saturated carbocycles. The number of carbonyl (C=O) groups is 1. The summed E-state index contributed by atoms with van der Waals surface area (Å²) in [6.45, 7) is 0.181. The first-order valence-corrected chi connectivity index (χ1v) is 5.03. The van der Waals surface area contributed by atoms with Crippen LogP contribution in [0.2, 0.25) is 0 Å². The molecule has 0 saturated heterocycles. The Bertz CT molecular complexity index is 344. The SMILES string of the molecule is O=C1CC(CCO)Cc2ccccc21. The zero-order chi connectivity index (χ0) is 9.97. The molecule has 0 spiro atoms. The zero-order valence-electron chi connectivity index (χ0n) is 8.07. The zero-order valence-corrected chi connectivity index (χ0v) is 8.07. The van der Waals surface area contributed by atoms with Crippen molar-refractivity contribution < 1.29 is 9.90 Å². The number of ketones is 1. The lowest BCUT2D eigenvalue weighted by molar-refractivity contribution is 0.0939. The summed E-state index contributed by atoms with van der Waals surface area (Å²) in [5, 5.41) is 8.84. The largest absolute Gasteiger partial charge is 0.396 e. The van der Waals surface area contributed by atoms with Gasteiger partial charge in [-0.3, -0.25) is 4.79 Å². The topological polar surface area (TPSA) is 37.3 Å². The second-order valence-corrected chi connectivity index (χ2v) is 3.87. The lowest BCUT2D eigenvalue weighted by Gasteiger charge is -2.22. The van der Waals surface area contributed by atoms with E-state index in [1.807, 2.05) is 24.3 Å². The monoisotopic (exact) mass is 190 g/mol. The van der Waals surface area contributed by atoms with E-state index < -0.39 is 0 Å². The molecule has 14 heavy (non-hydrogen) atoms. The fourth-order valence-electron chi connectivity index (χ4n) is 2.11. The molecule has 0 fully saturated rings. The molecule has 1 aliphatic rings. The summed E-state index contributed by atoms with van der Waals surface area (Å²) < 4.78 is 0. The Morgan fingerprint density at radius 1 is 1.29 bits per heavy atom. The van der Waals surface area contributed by atoms with Crippen molar-refractivity contribution in [2.24, 2.45) is 5.92 Å². The molecule has 1 aromatic carbocycles. The molecule has 0 radical (unpaired) electrons. The Morgan fingerprint density at radius 3 is 2.86 bits per heavy atom. The van der Waals surface area contributed by atoms with E-state index in [9.17, 15) is 4.79 Å². The van der Waals surface area contributed by atoms with Gasteiger partial charge in [-0.25, -0.2) is 0 Å². The van der Waals surface area contributed by atoms with Gasteiger partial charge < -0.3 is 5.11 Å². The van der Waals surface area contributed by atoms with Gasteiger partial charge in [-0.2, -0.15) is 0 Å². The number of hydrogen-bond acceptors (Lipinski definition) is 2. The molecule has 1 aromatic rings. The van der Waals surface area contributed by atoms with Gasteiger partial charge in [0.1, 0.15) is 0 Å². The highest BCUT2D eigenvalue weighted by atomic mass is 16.3. The van der Waals surface area contributed by atoms with Crippen molar-refractivity contribution in [2.75, 3.05) is 6.61 Å². The van der Waals surface area contributed by atoms with E-state index in [0.29, 0.717) is 12.3 Å². The summed E-state index contributed by atoms with van der Waals surface area (Å²) in [7, 11) is 0. The highest BCUT2D eigenvalue weighted by molar-refractivity contribution is 5.98. The Kier molecular flexibility index (Phi) is 2.64. The number of benzene rings is 1. The summed E-state index contributed by atoms with van der Waals surface area (Å²) in [5.74, 6) is 0.563. The van der Waals surface area contributed by atoms with E-state index in [4.69, 9.17) is 5.11 Å². The molecule has 0 bridgehead atoms. The van der Waals surface area contributed by atoms with Crippen LogP contribution in [0, 0.1) is 5.92 Å². The fourth-order valence-corrected chi connectivity index (χ4v) is 2.11. The Hall–Kier alpha value is -1.15. The van der Waals surface area contributed by atoms with E-state index >= 15 is 0 Å². The third-order valence-electron chi connectivity index (χ3n) is 2.84. The Morgan fingerprint density at radius 2 is 2.07 bits per heavy atom. The van der Waals surface area contributed by atoms with E-state index in [1.54, 1.807) is 0 Å². The van der Waals surface area contributed by atoms with Gasteiger partial charge in [-0.05, 0) is 24.3 Å². The first kappa shape index (κ1) is 9.41. The average molecular weight is 190 g/mol. The lowest BCUT2D eigenvalue weighted by atomic mass is 9.82. The quantitative estimate of drug-likeness (QED) is 0.772. The third-order valence-corrected chi connectivity index (χ3v) is 2.84. The minimum absolute atomic E-state index is 0.181. The maximum atomic E-state index is 11.7. The minimum Gasteiger partial charge on any atom is -0.396 e. The van der Waals surface area contributed by atoms with Crippen LogP contribution < -0.4 is 0 Å². The maximum Gasteiger partial charge on any atom is 0.163 e. The third kappa shape index (κ3) is 1.70. The molecule has 0 amide bonds. The van der Waals surface area contributed by atoms with Crippen molar-refractivity contribution >= 4 is 5.78 Å². The van der Waals surface area contributed by atoms with Crippen LogP contribution >= 0.6 is 0 Å². The van der Waals surface area contributed by atoms with E-state index in [0.717, 1.165) is 24.0 Å². The van der Waals surface area contributed by atoms with E-state index in [1.165, 1.54) is 0 Å². The number of fused-ring (bicyclic) bond motifs is 1. The fraction of sp³-hybridized carbons (Fsp3) is 0.417. The summed E-state index contributed by atoms with van der Waals surface area (Å²) in [6, 6.07) is 7.78. The first-order valence-electron chi connectivity index (χ1n) is 5.03. The predicted octanol–water partition coefficient (Wildman–Crippen LogP) is 1.81. The molecule has 74 valence electrons. The molecule has 2 nitrogen and oxygen atoms in total. The summed E-state index contributed by atoms with van der Waals surface area (Å²) in [4.78, 5) is 11.7. The lowest BCUT2D eigenvalue weighted by Crippen LogP contribution is -2.20. The molecule has 1 N–H and O–H groups in total. The Balaban J connectivity index is 2.24. The molecule has 1 unspecified atom stereocenters. The van der Waals surface area contributed by atoms with Crippen molar-refractivity contribution in [1.29, 1.82) is 0 Å². The van der Waals surface area contributed by atoms with Crippen molar-refractivity contribution in [1.82, 2.24) is 0 Å². The van der Waals surface area contributed by atoms with Gasteiger partial charge in [0.15, 0.2) is 5.78 Å². The van der Waals surface area contributed by atoms with Crippen molar-refractivity contribution in [3.8, 4) is 0 Å². The standard InChI is InChI=1S/C12H14O2/c13-6-5-9-7-10-3-1-2-4-11(10)12(14)8-9/h1-4,9,13H,5-8H2. The highest BCUT2D eigenvalue weighted by Gasteiger charge is 2.23. The second-order valence-electron chi connectivity index (χ2n) is 3.87. The van der Waals surface area contributed by atoms with Gasteiger partial charge in [-0.1, -0.05) is 24.3 Å². The van der Waals surface area contributed by atoms with Gasteiger partial charge in [0, 0.05) is 18.6 Å². The summed E-state index contributed by atoms with van der Waals surface area (Å²) >= 11 is 0. The first-order chi connectivity index (χ1) is 6.81. The van der Waals surface area contributed by atoms with Crippen LogP contribution in [0.4, 0.5) is 0 Å². The van der Waals surface area contributed by atoms with Gasteiger partial charge in [0.05, 0.1) is 0 Å². The predicted molar refractivity (Wildman–Crippen MR) is 54.3 cm³/mol. The molecular formula is C12H14O2. The molecule has 1 atom stereocenters. The average Bonchev–Trinajstić information content (AvgIpc) is 2.18. The number of carbonyl (C=O) groups excluding carboxylic acids is 1. The maximum absolute atomic E-state index is 11.7. The molecular weight excluding hydrogens is 176 g/mol. The highest BCUT2D eigenvalue weighted by Crippen LogP contribution is 2.26. The van der Waals surface area contributed by atoms with Gasteiger partial charge in [0.25, 0.3) is 0 Å². The van der Waals surface area contributed by atoms with Crippen LogP contribution in [0.1, 0.15) is 28.8 Å². The number of rotatable bonds is 2. The molecule has 0 aliphatic heterocycles. The summed E-state index contributed by atoms with van der Waals surface area (Å²) in [5.41, 5.74) is 2.02. The minimum atomic E-state index is 0.181. The number of hydrogen-bond donors (Lipinski definition) is 1. The van der Waals surface area contributed by atoms with Crippen LogP contribution in [0.25, 0.3) is 0 Å². The molecule has 1 aliphatic carbocycles. The van der Waals surface area contributed by atoms with Gasteiger partial charge >= 0.3 is 0 Å². The van der Waals surface area contributed by atoms with Gasteiger partial charge in [0.2, 0.25) is 0 Å². The van der Waals surface area contributed by atoms with E-state index in [-0.39, 0.29) is 12.4 Å². The van der Waals surface area contributed by atoms with Crippen LogP contribution in [0.5, 0.6) is 0 Å². The van der Waals surface area contributed by atoms with Gasteiger partial charge in [-0.15, -0.1) is 0 Å². The molecule has 0 heterocycles. The number of aliphatic hydroxyl groups excluding tert-OH is 1.